The molecule has 5 N–H and O–H groups in total. The Labute approximate surface area is 72.8 Å². The molecular formula is C6H10O7. The second kappa shape index (κ2) is 2.39. The maximum Gasteiger partial charge on any atom is 0.338 e. The van der Waals surface area contributed by atoms with Crippen LogP contribution in [0, 0.1) is 5.92 Å². The molecule has 0 spiro atoms. The Kier molecular flexibility index (Phi) is 1.71. The first-order valence-electron chi connectivity index (χ1n) is 3.73. The molecule has 0 aromatic rings. The quantitative estimate of drug-likeness (QED) is 0.256. The van der Waals surface area contributed by atoms with Crippen molar-refractivity contribution >= 4 is 0 Å². The summed E-state index contributed by atoms with van der Waals surface area (Å²) in [6.07, 6.45) is -2.40. The van der Waals surface area contributed by atoms with Gasteiger partial charge in [0.05, 0.1) is 12.7 Å². The zero-order valence-electron chi connectivity index (χ0n) is 6.49. The largest absolute Gasteiger partial charge is 0.390 e. The first-order chi connectivity index (χ1) is 5.86. The summed E-state index contributed by atoms with van der Waals surface area (Å²) in [5.74, 6) is -7.31. The molecular weight excluding hydrogens is 184 g/mol. The van der Waals surface area contributed by atoms with E-state index in [0.717, 1.165) is 0 Å². The van der Waals surface area contributed by atoms with E-state index in [-0.39, 0.29) is 6.61 Å². The van der Waals surface area contributed by atoms with E-state index in [9.17, 15) is 15.3 Å². The molecule has 3 atom stereocenters. The fourth-order valence-corrected chi connectivity index (χ4v) is 1.61. The average Bonchev–Trinajstić information content (AvgIpc) is 2.37. The van der Waals surface area contributed by atoms with Crippen LogP contribution in [0.4, 0.5) is 0 Å². The monoisotopic (exact) mass is 194 g/mol. The Morgan fingerprint density at radius 2 is 1.77 bits per heavy atom. The van der Waals surface area contributed by atoms with Gasteiger partial charge in [0, 0.05) is 0 Å². The van der Waals surface area contributed by atoms with Crippen LogP contribution < -0.4 is 0 Å². The minimum atomic E-state index is -3.11. The van der Waals surface area contributed by atoms with Crippen molar-refractivity contribution in [3.63, 3.8) is 0 Å². The normalized spacial score (nSPS) is 46.4. The van der Waals surface area contributed by atoms with Gasteiger partial charge in [0.15, 0.2) is 6.29 Å². The predicted molar refractivity (Wildman–Crippen MR) is 34.7 cm³/mol. The Bertz CT molecular complexity index is 225. The lowest BCUT2D eigenvalue weighted by Gasteiger charge is -2.29. The molecule has 2 heterocycles. The molecule has 0 aromatic heterocycles. The second-order valence-corrected chi connectivity index (χ2v) is 3.25. The first-order valence-corrected chi connectivity index (χ1v) is 3.73. The van der Waals surface area contributed by atoms with E-state index in [2.05, 4.69) is 4.74 Å². The lowest BCUT2D eigenvalue weighted by atomic mass is 9.95. The molecule has 2 aliphatic heterocycles. The molecule has 13 heavy (non-hydrogen) atoms. The van der Waals surface area contributed by atoms with Gasteiger partial charge in [-0.25, -0.2) is 0 Å². The number of hydrogen-bond acceptors (Lipinski definition) is 7. The lowest BCUT2D eigenvalue weighted by molar-refractivity contribution is -0.443. The third kappa shape index (κ3) is 1.03. The molecule has 7 heteroatoms. The molecule has 7 nitrogen and oxygen atoms in total. The van der Waals surface area contributed by atoms with Crippen molar-refractivity contribution in [3.05, 3.63) is 0 Å². The van der Waals surface area contributed by atoms with E-state index in [1.807, 2.05) is 0 Å². The molecule has 0 aliphatic carbocycles. The van der Waals surface area contributed by atoms with Crippen LogP contribution in [-0.4, -0.2) is 56.3 Å². The van der Waals surface area contributed by atoms with Crippen LogP contribution >= 0.6 is 0 Å². The van der Waals surface area contributed by atoms with Gasteiger partial charge < -0.3 is 30.3 Å². The van der Waals surface area contributed by atoms with Gasteiger partial charge in [-0.3, -0.25) is 4.74 Å². The smallest absolute Gasteiger partial charge is 0.338 e. The van der Waals surface area contributed by atoms with Crippen molar-refractivity contribution in [2.45, 2.75) is 24.2 Å². The maximum absolute atomic E-state index is 9.25. The minimum Gasteiger partial charge on any atom is -0.390 e. The van der Waals surface area contributed by atoms with E-state index >= 15 is 0 Å². The Morgan fingerprint density at radius 3 is 2.31 bits per heavy atom. The Balaban J connectivity index is 2.32. The van der Waals surface area contributed by atoms with Crippen LogP contribution in [-0.2, 0) is 9.47 Å². The number of fused-ring (bicyclic) bond motifs is 1. The van der Waals surface area contributed by atoms with Gasteiger partial charge in [-0.1, -0.05) is 0 Å². The summed E-state index contributed by atoms with van der Waals surface area (Å²) in [6.45, 7) is -0.131. The summed E-state index contributed by atoms with van der Waals surface area (Å²) >= 11 is 0. The minimum absolute atomic E-state index is 0.131. The van der Waals surface area contributed by atoms with E-state index in [1.165, 1.54) is 0 Å². The van der Waals surface area contributed by atoms with Gasteiger partial charge in [-0.15, -0.1) is 0 Å². The van der Waals surface area contributed by atoms with E-state index in [1.54, 1.807) is 0 Å². The van der Waals surface area contributed by atoms with Gasteiger partial charge in [0.1, 0.15) is 5.92 Å². The summed E-state index contributed by atoms with van der Waals surface area (Å²) in [5.41, 5.74) is 0. The number of aliphatic hydroxyl groups is 5. The van der Waals surface area contributed by atoms with E-state index < -0.39 is 30.1 Å². The van der Waals surface area contributed by atoms with Crippen molar-refractivity contribution in [2.75, 3.05) is 6.61 Å². The van der Waals surface area contributed by atoms with Crippen molar-refractivity contribution in [1.29, 1.82) is 0 Å². The SMILES string of the molecule is OC1COC2OC(O)(O)C(O)(O)C12. The van der Waals surface area contributed by atoms with Gasteiger partial charge in [-0.05, 0) is 0 Å². The summed E-state index contributed by atoms with van der Waals surface area (Å²) < 4.78 is 9.14. The highest BCUT2D eigenvalue weighted by Gasteiger charge is 2.69. The Morgan fingerprint density at radius 1 is 1.15 bits per heavy atom. The Hall–Kier alpha value is -0.280. The second-order valence-electron chi connectivity index (χ2n) is 3.25. The zero-order chi connectivity index (χ0) is 9.85. The fourth-order valence-electron chi connectivity index (χ4n) is 1.61. The number of hydrogen-bond donors (Lipinski definition) is 5. The standard InChI is InChI=1S/C6H10O7/c7-2-1-12-4-3(2)5(8,9)6(10,11)13-4/h2-4,7-11H,1H2. The topological polar surface area (TPSA) is 120 Å². The summed E-state index contributed by atoms with van der Waals surface area (Å²) in [6, 6.07) is 0. The van der Waals surface area contributed by atoms with Crippen LogP contribution in [0.15, 0.2) is 0 Å². The van der Waals surface area contributed by atoms with Crippen LogP contribution in [0.1, 0.15) is 0 Å². The van der Waals surface area contributed by atoms with Gasteiger partial charge in [0.2, 0.25) is 0 Å². The summed E-state index contributed by atoms with van der Waals surface area (Å²) in [5, 5.41) is 45.7. The van der Waals surface area contributed by atoms with Crippen molar-refractivity contribution in [3.8, 4) is 0 Å². The average molecular weight is 194 g/mol. The van der Waals surface area contributed by atoms with E-state index in [4.69, 9.17) is 14.9 Å². The molecule has 2 fully saturated rings. The summed E-state index contributed by atoms with van der Waals surface area (Å²) in [4.78, 5) is 0. The lowest BCUT2D eigenvalue weighted by Crippen LogP contribution is -2.56. The van der Waals surface area contributed by atoms with Gasteiger partial charge >= 0.3 is 5.97 Å². The van der Waals surface area contributed by atoms with Gasteiger partial charge in [0.25, 0.3) is 5.79 Å². The molecule has 0 amide bonds. The molecule has 0 aromatic carbocycles. The molecule has 3 unspecified atom stereocenters. The molecule has 76 valence electrons. The van der Waals surface area contributed by atoms with Crippen LogP contribution in [0.25, 0.3) is 0 Å². The number of aliphatic hydroxyl groups excluding tert-OH is 1. The molecule has 0 saturated carbocycles. The first kappa shape index (κ1) is 9.28. The highest BCUT2D eigenvalue weighted by atomic mass is 16.9. The molecule has 2 saturated heterocycles. The predicted octanol–water partition coefficient (Wildman–Crippen LogP) is -3.33. The highest BCUT2D eigenvalue weighted by Crippen LogP contribution is 2.44. The number of rotatable bonds is 0. The van der Waals surface area contributed by atoms with Crippen molar-refractivity contribution < 1.29 is 35.0 Å². The van der Waals surface area contributed by atoms with Crippen molar-refractivity contribution in [1.82, 2.24) is 0 Å². The van der Waals surface area contributed by atoms with Crippen LogP contribution in [0.5, 0.6) is 0 Å². The van der Waals surface area contributed by atoms with E-state index in [0.29, 0.717) is 0 Å². The highest BCUT2D eigenvalue weighted by molar-refractivity contribution is 4.98. The zero-order valence-corrected chi connectivity index (χ0v) is 6.49. The third-order valence-corrected chi connectivity index (χ3v) is 2.36. The maximum atomic E-state index is 9.25. The molecule has 0 bridgehead atoms. The molecule has 0 radical (unpaired) electrons. The van der Waals surface area contributed by atoms with Crippen LogP contribution in [0.2, 0.25) is 0 Å². The number of ether oxygens (including phenoxy) is 2. The third-order valence-electron chi connectivity index (χ3n) is 2.36. The summed E-state index contributed by atoms with van der Waals surface area (Å²) in [7, 11) is 0. The van der Waals surface area contributed by atoms with Crippen LogP contribution in [0.3, 0.4) is 0 Å². The fraction of sp³-hybridized carbons (Fsp3) is 1.00. The molecule has 2 rings (SSSR count). The van der Waals surface area contributed by atoms with Gasteiger partial charge in [-0.2, -0.15) is 0 Å². The molecule has 2 aliphatic rings. The van der Waals surface area contributed by atoms with Crippen molar-refractivity contribution in [2.24, 2.45) is 5.92 Å².